The first kappa shape index (κ1) is 6.39. The summed E-state index contributed by atoms with van der Waals surface area (Å²) in [4.78, 5) is 0. The third kappa shape index (κ3) is 0.728. The Morgan fingerprint density at radius 2 is 1.67 bits per heavy atom. The lowest BCUT2D eigenvalue weighted by Crippen LogP contribution is -2.17. The topological polar surface area (TPSA) is 25.1 Å². The van der Waals surface area contributed by atoms with Gasteiger partial charge in [-0.25, -0.2) is 0 Å². The highest BCUT2D eigenvalue weighted by Crippen LogP contribution is 2.54. The van der Waals surface area contributed by atoms with E-state index >= 15 is 0 Å². The third-order valence-electron chi connectivity index (χ3n) is 4.19. The average molecular weight is 166 g/mol. The zero-order valence-corrected chi connectivity index (χ0v) is 7.11. The summed E-state index contributed by atoms with van der Waals surface area (Å²) in [7, 11) is 0. The van der Waals surface area contributed by atoms with E-state index in [4.69, 9.17) is 9.47 Å². The van der Waals surface area contributed by atoms with Crippen LogP contribution in [0.3, 0.4) is 0 Å². The van der Waals surface area contributed by atoms with Gasteiger partial charge in [0.2, 0.25) is 0 Å². The van der Waals surface area contributed by atoms with Gasteiger partial charge in [-0.15, -0.1) is 0 Å². The highest BCUT2D eigenvalue weighted by molar-refractivity contribution is 5.05. The fourth-order valence-electron chi connectivity index (χ4n) is 3.43. The molecule has 2 heterocycles. The lowest BCUT2D eigenvalue weighted by atomic mass is 9.88. The number of epoxide rings is 2. The van der Waals surface area contributed by atoms with E-state index in [2.05, 4.69) is 0 Å². The molecule has 2 saturated heterocycles. The minimum Gasteiger partial charge on any atom is -0.370 e. The molecule has 2 aliphatic carbocycles. The summed E-state index contributed by atoms with van der Waals surface area (Å²) in [5.74, 6) is 1.86. The lowest BCUT2D eigenvalue weighted by molar-refractivity contribution is 0.169. The molecule has 4 fully saturated rings. The number of fused-ring (bicyclic) bond motifs is 2. The molecule has 0 aromatic carbocycles. The van der Waals surface area contributed by atoms with Crippen molar-refractivity contribution < 1.29 is 9.47 Å². The molecule has 0 amide bonds. The smallest absolute Gasteiger partial charge is 0.0872 e. The Morgan fingerprint density at radius 3 is 2.25 bits per heavy atom. The van der Waals surface area contributed by atoms with Gasteiger partial charge in [-0.1, -0.05) is 0 Å². The van der Waals surface area contributed by atoms with Gasteiger partial charge in [0.25, 0.3) is 0 Å². The molecule has 5 atom stereocenters. The quantitative estimate of drug-likeness (QED) is 0.549. The Labute approximate surface area is 72.2 Å². The number of rotatable bonds is 1. The molecular formula is C10H14O2. The summed E-state index contributed by atoms with van der Waals surface area (Å²) < 4.78 is 11.0. The Bertz CT molecular complexity index is 218. The van der Waals surface area contributed by atoms with E-state index in [1.54, 1.807) is 0 Å². The number of hydrogen-bond acceptors (Lipinski definition) is 2. The van der Waals surface area contributed by atoms with Crippen LogP contribution >= 0.6 is 0 Å². The van der Waals surface area contributed by atoms with Crippen molar-refractivity contribution in [1.29, 1.82) is 0 Å². The van der Waals surface area contributed by atoms with Crippen molar-refractivity contribution >= 4 is 0 Å². The van der Waals surface area contributed by atoms with Crippen molar-refractivity contribution in [3.63, 3.8) is 0 Å². The summed E-state index contributed by atoms with van der Waals surface area (Å²) in [6, 6.07) is 0. The van der Waals surface area contributed by atoms with E-state index in [0.29, 0.717) is 24.4 Å². The van der Waals surface area contributed by atoms with Gasteiger partial charge >= 0.3 is 0 Å². The maximum absolute atomic E-state index is 5.59. The van der Waals surface area contributed by atoms with Gasteiger partial charge in [0.15, 0.2) is 0 Å². The number of hydrogen-bond donors (Lipinski definition) is 0. The molecule has 0 spiro atoms. The molecule has 2 heteroatoms. The number of ether oxygens (including phenoxy) is 2. The Morgan fingerprint density at radius 1 is 0.833 bits per heavy atom. The second-order valence-corrected chi connectivity index (χ2v) is 4.82. The van der Waals surface area contributed by atoms with Gasteiger partial charge in [0.1, 0.15) is 0 Å². The summed E-state index contributed by atoms with van der Waals surface area (Å²) in [5, 5.41) is 0. The van der Waals surface area contributed by atoms with Crippen LogP contribution in [0.4, 0.5) is 0 Å². The molecule has 4 aliphatic rings. The maximum atomic E-state index is 5.59. The highest BCUT2D eigenvalue weighted by atomic mass is 16.6. The first-order chi connectivity index (χ1) is 5.92. The minimum absolute atomic E-state index is 0.660. The fraction of sp³-hybridized carbons (Fsp3) is 1.00. The van der Waals surface area contributed by atoms with Crippen molar-refractivity contribution in [1.82, 2.24) is 0 Å². The lowest BCUT2D eigenvalue weighted by Gasteiger charge is -2.19. The molecule has 0 radical (unpaired) electrons. The van der Waals surface area contributed by atoms with E-state index in [9.17, 15) is 0 Å². The summed E-state index contributed by atoms with van der Waals surface area (Å²) in [6.07, 6.45) is 8.10. The normalized spacial score (nSPS) is 66.0. The standard InChI is InChI=1S/C10H14O2/c1-2-7-10(12-7)6(1)5-3-8-9(4-5)11-8/h5-10H,1-4H2. The van der Waals surface area contributed by atoms with Crippen LogP contribution in [0.25, 0.3) is 0 Å². The van der Waals surface area contributed by atoms with Crippen LogP contribution in [0.1, 0.15) is 25.7 Å². The van der Waals surface area contributed by atoms with Gasteiger partial charge in [0, 0.05) is 0 Å². The summed E-state index contributed by atoms with van der Waals surface area (Å²) in [5.41, 5.74) is 0. The average Bonchev–Trinajstić information content (AvgIpc) is 2.94. The van der Waals surface area contributed by atoms with Crippen molar-refractivity contribution in [2.24, 2.45) is 11.8 Å². The van der Waals surface area contributed by atoms with Crippen LogP contribution in [-0.4, -0.2) is 24.4 Å². The van der Waals surface area contributed by atoms with Gasteiger partial charge in [-0.3, -0.25) is 0 Å². The SMILES string of the molecule is C1C(C2CCC3OC32)CC2OC12. The molecule has 2 nitrogen and oxygen atoms in total. The zero-order chi connectivity index (χ0) is 7.71. The maximum Gasteiger partial charge on any atom is 0.0872 e. The fourth-order valence-corrected chi connectivity index (χ4v) is 3.43. The zero-order valence-electron chi connectivity index (χ0n) is 7.11. The first-order valence-electron chi connectivity index (χ1n) is 5.23. The van der Waals surface area contributed by atoms with Crippen molar-refractivity contribution in [2.45, 2.75) is 50.1 Å². The highest BCUT2D eigenvalue weighted by Gasteiger charge is 2.57. The molecule has 12 heavy (non-hydrogen) atoms. The van der Waals surface area contributed by atoms with Gasteiger partial charge < -0.3 is 9.47 Å². The molecule has 0 bridgehead atoms. The predicted octanol–water partition coefficient (Wildman–Crippen LogP) is 1.34. The molecule has 5 unspecified atom stereocenters. The van der Waals surface area contributed by atoms with E-state index < -0.39 is 0 Å². The Balaban J connectivity index is 1.51. The van der Waals surface area contributed by atoms with Gasteiger partial charge in [-0.2, -0.15) is 0 Å². The molecule has 2 aliphatic heterocycles. The Hall–Kier alpha value is -0.0800. The molecule has 0 aromatic rings. The second kappa shape index (κ2) is 1.88. The van der Waals surface area contributed by atoms with Crippen LogP contribution in [0.5, 0.6) is 0 Å². The monoisotopic (exact) mass is 166 g/mol. The molecule has 0 aromatic heterocycles. The second-order valence-electron chi connectivity index (χ2n) is 4.82. The van der Waals surface area contributed by atoms with Crippen LogP contribution in [0.15, 0.2) is 0 Å². The van der Waals surface area contributed by atoms with Crippen LogP contribution in [0, 0.1) is 11.8 Å². The van der Waals surface area contributed by atoms with Crippen LogP contribution in [-0.2, 0) is 9.47 Å². The van der Waals surface area contributed by atoms with Crippen molar-refractivity contribution in [3.05, 3.63) is 0 Å². The van der Waals surface area contributed by atoms with E-state index in [0.717, 1.165) is 11.8 Å². The molecule has 0 N–H and O–H groups in total. The Kier molecular flexibility index (Phi) is 0.999. The van der Waals surface area contributed by atoms with Gasteiger partial charge in [0.05, 0.1) is 24.4 Å². The molecule has 4 rings (SSSR count). The molecule has 66 valence electrons. The predicted molar refractivity (Wildman–Crippen MR) is 42.8 cm³/mol. The van der Waals surface area contributed by atoms with Crippen LogP contribution in [0.2, 0.25) is 0 Å². The van der Waals surface area contributed by atoms with Crippen molar-refractivity contribution in [3.8, 4) is 0 Å². The molecule has 2 saturated carbocycles. The summed E-state index contributed by atoms with van der Waals surface area (Å²) >= 11 is 0. The largest absolute Gasteiger partial charge is 0.370 e. The third-order valence-corrected chi connectivity index (χ3v) is 4.19. The van der Waals surface area contributed by atoms with Gasteiger partial charge in [-0.05, 0) is 37.5 Å². The van der Waals surface area contributed by atoms with E-state index in [1.165, 1.54) is 25.7 Å². The van der Waals surface area contributed by atoms with E-state index in [-0.39, 0.29) is 0 Å². The minimum atomic E-state index is 0.660. The van der Waals surface area contributed by atoms with Crippen LogP contribution < -0.4 is 0 Å². The summed E-state index contributed by atoms with van der Waals surface area (Å²) in [6.45, 7) is 0. The molecular weight excluding hydrogens is 152 g/mol. The van der Waals surface area contributed by atoms with E-state index in [1.807, 2.05) is 0 Å². The van der Waals surface area contributed by atoms with Crippen molar-refractivity contribution in [2.75, 3.05) is 0 Å². The first-order valence-corrected chi connectivity index (χ1v) is 5.23.